The summed E-state index contributed by atoms with van der Waals surface area (Å²) in [4.78, 5) is 4.16. The lowest BCUT2D eigenvalue weighted by molar-refractivity contribution is 0.379. The van der Waals surface area contributed by atoms with Crippen molar-refractivity contribution in [3.63, 3.8) is 0 Å². The lowest BCUT2D eigenvalue weighted by atomic mass is 10.2. The van der Waals surface area contributed by atoms with E-state index in [1.54, 1.807) is 12.1 Å². The van der Waals surface area contributed by atoms with Gasteiger partial charge in [0.2, 0.25) is 21.7 Å². The second kappa shape index (κ2) is 7.46. The van der Waals surface area contributed by atoms with Gasteiger partial charge < -0.3 is 4.52 Å². The summed E-state index contributed by atoms with van der Waals surface area (Å²) >= 11 is 0. The predicted molar refractivity (Wildman–Crippen MR) is 80.1 cm³/mol. The molecule has 120 valence electrons. The van der Waals surface area contributed by atoms with E-state index in [-0.39, 0.29) is 18.1 Å². The molecule has 0 saturated carbocycles. The summed E-state index contributed by atoms with van der Waals surface area (Å²) in [6.07, 6.45) is 1.76. The first-order chi connectivity index (χ1) is 10.5. The van der Waals surface area contributed by atoms with E-state index < -0.39 is 10.0 Å². The Morgan fingerprint density at radius 2 is 2.00 bits per heavy atom. The van der Waals surface area contributed by atoms with Crippen LogP contribution >= 0.6 is 0 Å². The second-order valence-corrected chi connectivity index (χ2v) is 6.76. The number of aromatic nitrogens is 2. The number of rotatable bonds is 8. The number of nitrogens with zero attached hydrogens (tertiary/aromatic N) is 2. The SMILES string of the molecule is CCCCS(=O)(=O)NCCc1nc(-c2ccc(F)cc2)no1. The van der Waals surface area contributed by atoms with E-state index in [1.165, 1.54) is 12.1 Å². The lowest BCUT2D eigenvalue weighted by Gasteiger charge is -2.03. The zero-order valence-corrected chi connectivity index (χ0v) is 13.1. The van der Waals surface area contributed by atoms with Crippen LogP contribution in [-0.2, 0) is 16.4 Å². The standard InChI is InChI=1S/C14H18FN3O3S/c1-2-3-10-22(19,20)16-9-8-13-17-14(18-21-13)11-4-6-12(15)7-5-11/h4-7,16H,2-3,8-10H2,1H3. The molecule has 0 saturated heterocycles. The van der Waals surface area contributed by atoms with Gasteiger partial charge in [0.25, 0.3) is 0 Å². The van der Waals surface area contributed by atoms with E-state index >= 15 is 0 Å². The first kappa shape index (κ1) is 16.6. The van der Waals surface area contributed by atoms with Crippen LogP contribution in [0.4, 0.5) is 4.39 Å². The molecule has 1 N–H and O–H groups in total. The number of nitrogens with one attached hydrogen (secondary N) is 1. The fourth-order valence-corrected chi connectivity index (χ4v) is 3.02. The van der Waals surface area contributed by atoms with Crippen LogP contribution in [0.3, 0.4) is 0 Å². The van der Waals surface area contributed by atoms with Gasteiger partial charge in [-0.3, -0.25) is 0 Å². The largest absolute Gasteiger partial charge is 0.339 e. The van der Waals surface area contributed by atoms with Crippen LogP contribution < -0.4 is 4.72 Å². The molecule has 0 bridgehead atoms. The highest BCUT2D eigenvalue weighted by molar-refractivity contribution is 7.89. The molecule has 0 amide bonds. The van der Waals surface area contributed by atoms with Gasteiger partial charge in [-0.2, -0.15) is 4.98 Å². The molecule has 2 aromatic rings. The predicted octanol–water partition coefficient (Wildman–Crippen LogP) is 2.14. The van der Waals surface area contributed by atoms with Crippen molar-refractivity contribution >= 4 is 10.0 Å². The summed E-state index contributed by atoms with van der Waals surface area (Å²) < 4.78 is 43.6. The van der Waals surface area contributed by atoms with Crippen molar-refractivity contribution < 1.29 is 17.3 Å². The maximum Gasteiger partial charge on any atom is 0.228 e. The zero-order valence-electron chi connectivity index (χ0n) is 12.3. The summed E-state index contributed by atoms with van der Waals surface area (Å²) in [5.74, 6) is 0.462. The van der Waals surface area contributed by atoms with Crippen LogP contribution in [0.1, 0.15) is 25.7 Å². The van der Waals surface area contributed by atoms with Crippen LogP contribution in [0, 0.1) is 5.82 Å². The molecule has 22 heavy (non-hydrogen) atoms. The third-order valence-corrected chi connectivity index (χ3v) is 4.47. The average molecular weight is 327 g/mol. The molecule has 0 spiro atoms. The van der Waals surface area contributed by atoms with Gasteiger partial charge in [-0.05, 0) is 30.7 Å². The Bertz CT molecular complexity index is 698. The minimum Gasteiger partial charge on any atom is -0.339 e. The van der Waals surface area contributed by atoms with Crippen molar-refractivity contribution in [2.45, 2.75) is 26.2 Å². The molecule has 8 heteroatoms. The molecule has 1 aromatic heterocycles. The van der Waals surface area contributed by atoms with E-state index in [2.05, 4.69) is 14.9 Å². The third-order valence-electron chi connectivity index (χ3n) is 3.00. The van der Waals surface area contributed by atoms with Crippen molar-refractivity contribution in [1.29, 1.82) is 0 Å². The van der Waals surface area contributed by atoms with Crippen LogP contribution in [0.25, 0.3) is 11.4 Å². The molecule has 0 radical (unpaired) electrons. The van der Waals surface area contributed by atoms with Gasteiger partial charge in [0.05, 0.1) is 5.75 Å². The molecule has 0 atom stereocenters. The summed E-state index contributed by atoms with van der Waals surface area (Å²) in [6, 6.07) is 5.73. The molecule has 2 rings (SSSR count). The smallest absolute Gasteiger partial charge is 0.228 e. The molecular formula is C14H18FN3O3S. The molecule has 0 fully saturated rings. The van der Waals surface area contributed by atoms with Crippen LogP contribution in [-0.4, -0.2) is 30.9 Å². The van der Waals surface area contributed by atoms with Gasteiger partial charge in [0.15, 0.2) is 0 Å². The molecule has 1 aromatic carbocycles. The van der Waals surface area contributed by atoms with E-state index in [0.29, 0.717) is 30.1 Å². The minimum absolute atomic E-state index is 0.119. The van der Waals surface area contributed by atoms with Gasteiger partial charge in [0.1, 0.15) is 5.82 Å². The summed E-state index contributed by atoms with van der Waals surface area (Å²) in [5.41, 5.74) is 0.639. The van der Waals surface area contributed by atoms with Crippen LogP contribution in [0.15, 0.2) is 28.8 Å². The highest BCUT2D eigenvalue weighted by Gasteiger charge is 2.12. The zero-order chi connectivity index (χ0) is 16.0. The number of hydrogen-bond acceptors (Lipinski definition) is 5. The molecule has 0 aliphatic rings. The van der Waals surface area contributed by atoms with Crippen molar-refractivity contribution in [3.8, 4) is 11.4 Å². The average Bonchev–Trinajstić information content (AvgIpc) is 2.94. The molecule has 1 heterocycles. The van der Waals surface area contributed by atoms with Crippen molar-refractivity contribution in [3.05, 3.63) is 36.0 Å². The maximum absolute atomic E-state index is 12.8. The van der Waals surface area contributed by atoms with E-state index in [4.69, 9.17) is 4.52 Å². The van der Waals surface area contributed by atoms with Gasteiger partial charge in [0, 0.05) is 18.5 Å². The molecule has 0 unspecified atom stereocenters. The number of hydrogen-bond donors (Lipinski definition) is 1. The number of unbranched alkanes of at least 4 members (excludes halogenated alkanes) is 1. The number of benzene rings is 1. The Kier molecular flexibility index (Phi) is 5.62. The monoisotopic (exact) mass is 327 g/mol. The van der Waals surface area contributed by atoms with Crippen LogP contribution in [0.2, 0.25) is 0 Å². The summed E-state index contributed by atoms with van der Waals surface area (Å²) in [7, 11) is -3.25. The summed E-state index contributed by atoms with van der Waals surface area (Å²) in [5, 5.41) is 3.80. The van der Waals surface area contributed by atoms with Gasteiger partial charge >= 0.3 is 0 Å². The quantitative estimate of drug-likeness (QED) is 0.803. The molecule has 6 nitrogen and oxygen atoms in total. The Morgan fingerprint density at radius 1 is 1.27 bits per heavy atom. The Morgan fingerprint density at radius 3 is 2.68 bits per heavy atom. The first-order valence-corrected chi connectivity index (χ1v) is 8.71. The van der Waals surface area contributed by atoms with Gasteiger partial charge in [-0.15, -0.1) is 0 Å². The van der Waals surface area contributed by atoms with E-state index in [9.17, 15) is 12.8 Å². The van der Waals surface area contributed by atoms with Crippen molar-refractivity contribution in [2.24, 2.45) is 0 Å². The van der Waals surface area contributed by atoms with Crippen LogP contribution in [0.5, 0.6) is 0 Å². The molecular weight excluding hydrogens is 309 g/mol. The molecule has 0 aliphatic carbocycles. The van der Waals surface area contributed by atoms with Gasteiger partial charge in [-0.25, -0.2) is 17.5 Å². The van der Waals surface area contributed by atoms with Crippen molar-refractivity contribution in [1.82, 2.24) is 14.9 Å². The highest BCUT2D eigenvalue weighted by Crippen LogP contribution is 2.16. The molecule has 0 aliphatic heterocycles. The van der Waals surface area contributed by atoms with Gasteiger partial charge in [-0.1, -0.05) is 18.5 Å². The first-order valence-electron chi connectivity index (χ1n) is 7.06. The summed E-state index contributed by atoms with van der Waals surface area (Å²) in [6.45, 7) is 2.14. The fraction of sp³-hybridized carbons (Fsp3) is 0.429. The third kappa shape index (κ3) is 4.88. The lowest BCUT2D eigenvalue weighted by Crippen LogP contribution is -2.28. The number of sulfonamides is 1. The fourth-order valence-electron chi connectivity index (χ4n) is 1.79. The number of halogens is 1. The Balaban J connectivity index is 1.89. The normalized spacial score (nSPS) is 11.7. The van der Waals surface area contributed by atoms with E-state index in [1.807, 2.05) is 6.92 Å². The van der Waals surface area contributed by atoms with Crippen molar-refractivity contribution in [2.75, 3.05) is 12.3 Å². The minimum atomic E-state index is -3.25. The Hall–Kier alpha value is -1.80. The highest BCUT2D eigenvalue weighted by atomic mass is 32.2. The topological polar surface area (TPSA) is 85.1 Å². The maximum atomic E-state index is 12.8. The Labute approximate surface area is 128 Å². The second-order valence-electron chi connectivity index (χ2n) is 4.84. The van der Waals surface area contributed by atoms with E-state index in [0.717, 1.165) is 6.42 Å².